The molecule has 0 atom stereocenters. The molecule has 134 valence electrons. The van der Waals surface area contributed by atoms with Crippen LogP contribution in [0.5, 0.6) is 0 Å². The number of benzene rings is 1. The first-order valence-corrected chi connectivity index (χ1v) is 8.57. The van der Waals surface area contributed by atoms with E-state index in [1.54, 1.807) is 6.07 Å². The molecule has 3 rings (SSSR count). The molecule has 2 aromatic rings. The summed E-state index contributed by atoms with van der Waals surface area (Å²) in [5.41, 5.74) is 3.19. The highest BCUT2D eigenvalue weighted by Gasteiger charge is 2.30. The number of Topliss-reactive ketones (excluding diaryl/α,β-unsaturated/α-hetero) is 1. The summed E-state index contributed by atoms with van der Waals surface area (Å²) in [4.78, 5) is 16.1. The second kappa shape index (κ2) is 7.81. The van der Waals surface area contributed by atoms with Gasteiger partial charge in [0.1, 0.15) is 5.69 Å². The molecule has 0 N–H and O–H groups in total. The molecular weight excluding hydrogens is 327 g/mol. The minimum absolute atomic E-state index is 0.133. The number of fused-ring (bicyclic) bond motifs is 1. The minimum atomic E-state index is -4.35. The molecule has 5 heteroatoms. The molecule has 2 nitrogen and oxygen atoms in total. The number of pyridine rings is 1. The lowest BCUT2D eigenvalue weighted by molar-refractivity contribution is -0.137. The van der Waals surface area contributed by atoms with Crippen molar-refractivity contribution in [1.29, 1.82) is 0 Å². The standard InChI is InChI=1S/C18H16F3NO.C2H6/c1-11(23)17-10-15(14-4-2-3-5-16(14)22-17)12-6-8-13(9-7-12)18(19,20)21;1-2/h6-10H,2-5H2,1H3;1-2H3. The van der Waals surface area contributed by atoms with Crippen LogP contribution in [0.15, 0.2) is 30.3 Å². The average Bonchev–Trinajstić information content (AvgIpc) is 2.62. The van der Waals surface area contributed by atoms with Crippen LogP contribution >= 0.6 is 0 Å². The first kappa shape index (κ1) is 19.2. The third-order valence-electron chi connectivity index (χ3n) is 4.18. The molecular formula is C20H22F3NO. The van der Waals surface area contributed by atoms with E-state index in [9.17, 15) is 18.0 Å². The summed E-state index contributed by atoms with van der Waals surface area (Å²) in [5, 5.41) is 0. The van der Waals surface area contributed by atoms with E-state index in [1.165, 1.54) is 19.1 Å². The summed E-state index contributed by atoms with van der Waals surface area (Å²) in [6.07, 6.45) is -0.642. The molecule has 25 heavy (non-hydrogen) atoms. The van der Waals surface area contributed by atoms with E-state index in [-0.39, 0.29) is 5.78 Å². The zero-order chi connectivity index (χ0) is 18.6. The van der Waals surface area contributed by atoms with E-state index < -0.39 is 11.7 Å². The lowest BCUT2D eigenvalue weighted by Crippen LogP contribution is -2.11. The molecule has 0 aliphatic heterocycles. The fourth-order valence-electron chi connectivity index (χ4n) is 2.98. The molecule has 0 saturated carbocycles. The Kier molecular flexibility index (Phi) is 5.98. The first-order chi connectivity index (χ1) is 11.9. The van der Waals surface area contributed by atoms with E-state index >= 15 is 0 Å². The first-order valence-electron chi connectivity index (χ1n) is 8.57. The Hall–Kier alpha value is -2.17. The molecule has 1 aromatic heterocycles. The number of carbonyl (C=O) groups is 1. The van der Waals surface area contributed by atoms with Crippen LogP contribution in [-0.4, -0.2) is 10.8 Å². The molecule has 1 aliphatic rings. The van der Waals surface area contributed by atoms with Crippen molar-refractivity contribution < 1.29 is 18.0 Å². The van der Waals surface area contributed by atoms with Gasteiger partial charge in [0.05, 0.1) is 5.56 Å². The number of halogens is 3. The Balaban J connectivity index is 0.00000109. The Bertz CT molecular complexity index is 749. The second-order valence-corrected chi connectivity index (χ2v) is 5.82. The van der Waals surface area contributed by atoms with Gasteiger partial charge in [-0.1, -0.05) is 26.0 Å². The van der Waals surface area contributed by atoms with E-state index in [1.807, 2.05) is 13.8 Å². The molecule has 0 unspecified atom stereocenters. The Morgan fingerprint density at radius 1 is 1.04 bits per heavy atom. The number of ketones is 1. The maximum absolute atomic E-state index is 12.7. The number of rotatable bonds is 2. The zero-order valence-corrected chi connectivity index (χ0v) is 14.7. The van der Waals surface area contributed by atoms with Crippen molar-refractivity contribution >= 4 is 5.78 Å². The molecule has 0 amide bonds. The van der Waals surface area contributed by atoms with Crippen LogP contribution < -0.4 is 0 Å². The van der Waals surface area contributed by atoms with E-state index in [2.05, 4.69) is 4.98 Å². The smallest absolute Gasteiger partial charge is 0.293 e. The summed E-state index contributed by atoms with van der Waals surface area (Å²) in [6.45, 7) is 5.45. The number of nitrogens with zero attached hydrogens (tertiary/aromatic N) is 1. The maximum Gasteiger partial charge on any atom is 0.416 e. The summed E-state index contributed by atoms with van der Waals surface area (Å²) in [5.74, 6) is -0.133. The van der Waals surface area contributed by atoms with Gasteiger partial charge in [-0.25, -0.2) is 4.98 Å². The topological polar surface area (TPSA) is 30.0 Å². The van der Waals surface area contributed by atoms with Gasteiger partial charge < -0.3 is 0 Å². The van der Waals surface area contributed by atoms with Crippen molar-refractivity contribution in [3.05, 3.63) is 52.8 Å². The number of alkyl halides is 3. The van der Waals surface area contributed by atoms with E-state index in [0.717, 1.165) is 54.6 Å². The van der Waals surface area contributed by atoms with Gasteiger partial charge in [-0.05, 0) is 60.6 Å². The van der Waals surface area contributed by atoms with E-state index in [4.69, 9.17) is 0 Å². The van der Waals surface area contributed by atoms with Crippen LogP contribution in [0, 0.1) is 0 Å². The van der Waals surface area contributed by atoms with Crippen LogP contribution in [0.4, 0.5) is 13.2 Å². The summed E-state index contributed by atoms with van der Waals surface area (Å²) in [6, 6.07) is 6.81. The molecule has 1 heterocycles. The monoisotopic (exact) mass is 349 g/mol. The zero-order valence-electron chi connectivity index (χ0n) is 14.7. The van der Waals surface area contributed by atoms with Gasteiger partial charge in [0.2, 0.25) is 0 Å². The Morgan fingerprint density at radius 3 is 2.20 bits per heavy atom. The van der Waals surface area contributed by atoms with Gasteiger partial charge in [-0.3, -0.25) is 4.79 Å². The quantitative estimate of drug-likeness (QED) is 0.634. The SMILES string of the molecule is CC.CC(=O)c1cc(-c2ccc(C(F)(F)F)cc2)c2c(n1)CCCC2. The molecule has 1 aliphatic carbocycles. The van der Waals surface area contributed by atoms with Crippen LogP contribution in [0.25, 0.3) is 11.1 Å². The van der Waals surface area contributed by atoms with E-state index in [0.29, 0.717) is 11.3 Å². The number of hydrogen-bond donors (Lipinski definition) is 0. The van der Waals surface area contributed by atoms with Gasteiger partial charge in [-0.15, -0.1) is 0 Å². The van der Waals surface area contributed by atoms with Crippen LogP contribution in [0.1, 0.15) is 60.9 Å². The fraction of sp³-hybridized carbons (Fsp3) is 0.400. The number of hydrogen-bond acceptors (Lipinski definition) is 2. The van der Waals surface area contributed by atoms with Crippen LogP contribution in [-0.2, 0) is 19.0 Å². The average molecular weight is 349 g/mol. The Morgan fingerprint density at radius 2 is 1.64 bits per heavy atom. The molecule has 0 saturated heterocycles. The summed E-state index contributed by atoms with van der Waals surface area (Å²) >= 11 is 0. The molecule has 0 bridgehead atoms. The van der Waals surface area contributed by atoms with Gasteiger partial charge in [0.25, 0.3) is 0 Å². The molecule has 0 fully saturated rings. The minimum Gasteiger partial charge on any atom is -0.293 e. The highest BCUT2D eigenvalue weighted by molar-refractivity contribution is 5.93. The largest absolute Gasteiger partial charge is 0.416 e. The predicted molar refractivity (Wildman–Crippen MR) is 92.7 cm³/mol. The lowest BCUT2D eigenvalue weighted by Gasteiger charge is -2.20. The predicted octanol–water partition coefficient (Wildman–Crippen LogP) is 5.88. The maximum atomic E-state index is 12.7. The normalized spacial score (nSPS) is 13.5. The lowest BCUT2D eigenvalue weighted by atomic mass is 9.88. The van der Waals surface area contributed by atoms with Crippen molar-refractivity contribution in [2.24, 2.45) is 0 Å². The summed E-state index contributed by atoms with van der Waals surface area (Å²) < 4.78 is 38.1. The second-order valence-electron chi connectivity index (χ2n) is 5.82. The fourth-order valence-corrected chi connectivity index (χ4v) is 2.98. The van der Waals surface area contributed by atoms with Gasteiger partial charge in [0, 0.05) is 12.6 Å². The van der Waals surface area contributed by atoms with Crippen molar-refractivity contribution in [2.75, 3.05) is 0 Å². The van der Waals surface area contributed by atoms with Crippen LogP contribution in [0.2, 0.25) is 0 Å². The van der Waals surface area contributed by atoms with Crippen molar-refractivity contribution in [2.45, 2.75) is 52.6 Å². The number of aromatic nitrogens is 1. The van der Waals surface area contributed by atoms with Crippen molar-refractivity contribution in [3.63, 3.8) is 0 Å². The highest BCUT2D eigenvalue weighted by Crippen LogP contribution is 2.34. The Labute approximate surface area is 146 Å². The molecule has 0 radical (unpaired) electrons. The number of carbonyl (C=O) groups excluding carboxylic acids is 1. The van der Waals surface area contributed by atoms with Gasteiger partial charge >= 0.3 is 6.18 Å². The highest BCUT2D eigenvalue weighted by atomic mass is 19.4. The van der Waals surface area contributed by atoms with Crippen molar-refractivity contribution in [1.82, 2.24) is 4.98 Å². The van der Waals surface area contributed by atoms with Gasteiger partial charge in [-0.2, -0.15) is 13.2 Å². The van der Waals surface area contributed by atoms with Crippen LogP contribution in [0.3, 0.4) is 0 Å². The van der Waals surface area contributed by atoms with Crippen molar-refractivity contribution in [3.8, 4) is 11.1 Å². The van der Waals surface area contributed by atoms with Gasteiger partial charge in [0.15, 0.2) is 5.78 Å². The summed E-state index contributed by atoms with van der Waals surface area (Å²) in [7, 11) is 0. The molecule has 0 spiro atoms. The third-order valence-corrected chi connectivity index (χ3v) is 4.18. The third kappa shape index (κ3) is 4.27. The molecule has 1 aromatic carbocycles. The number of aryl methyl sites for hydroxylation is 1.